The molecule has 0 spiro atoms. The van der Waals surface area contributed by atoms with Crippen LogP contribution < -0.4 is 34.7 Å². The second kappa shape index (κ2) is 8.84. The molecular formula is C16H19N4NaO9S. The van der Waals surface area contributed by atoms with Crippen molar-refractivity contribution >= 4 is 33.7 Å². The number of β-lactam (4-membered cyclic amide) rings is 1. The Kier molecular flexibility index (Phi) is 7.20. The molecule has 15 heteroatoms. The quantitative estimate of drug-likeness (QED) is 0.213. The topological polar surface area (TPSA) is 178 Å². The first-order valence-corrected chi connectivity index (χ1v) is 10.6. The normalized spacial score (nSPS) is 25.8. The van der Waals surface area contributed by atoms with Gasteiger partial charge in [0.15, 0.2) is 15.5 Å². The molecule has 3 heterocycles. The summed E-state index contributed by atoms with van der Waals surface area (Å²) >= 11 is 0. The SMILES string of the molecule is CCOC(=O)c1nnn(C[C@@]2(C)[C@H](C(=O)[O-])N3C(=O)C[C@@H]3S2(=O)=O)c1C(=O)OCC.[Na+]. The number of carboxylic acids is 1. The molecule has 0 radical (unpaired) electrons. The van der Waals surface area contributed by atoms with Gasteiger partial charge in [0.25, 0.3) is 0 Å². The van der Waals surface area contributed by atoms with Gasteiger partial charge in [0.05, 0.1) is 38.2 Å². The first kappa shape index (κ1) is 25.2. The van der Waals surface area contributed by atoms with E-state index in [4.69, 9.17) is 9.47 Å². The second-order valence-corrected chi connectivity index (χ2v) is 9.49. The number of sulfone groups is 1. The third kappa shape index (κ3) is 3.75. The molecule has 0 aliphatic carbocycles. The zero-order valence-electron chi connectivity index (χ0n) is 17.4. The van der Waals surface area contributed by atoms with Gasteiger partial charge < -0.3 is 24.3 Å². The number of carbonyl (C=O) groups is 4. The number of amides is 1. The Balaban J connectivity index is 0.00000341. The van der Waals surface area contributed by atoms with Crippen molar-refractivity contribution < 1.29 is 71.7 Å². The zero-order valence-corrected chi connectivity index (χ0v) is 20.2. The Hall–Kier alpha value is -2.03. The van der Waals surface area contributed by atoms with Gasteiger partial charge in [-0.05, 0) is 20.8 Å². The fraction of sp³-hybridized carbons (Fsp3) is 0.625. The van der Waals surface area contributed by atoms with Crippen molar-refractivity contribution in [1.29, 1.82) is 0 Å². The van der Waals surface area contributed by atoms with E-state index in [2.05, 4.69) is 10.3 Å². The molecule has 164 valence electrons. The number of ether oxygens (including phenoxy) is 2. The van der Waals surface area contributed by atoms with Crippen LogP contribution in [0.25, 0.3) is 0 Å². The van der Waals surface area contributed by atoms with E-state index in [-0.39, 0.29) is 49.2 Å². The Labute approximate surface area is 199 Å². The van der Waals surface area contributed by atoms with Gasteiger partial charge in [0, 0.05) is 0 Å². The second-order valence-electron chi connectivity index (χ2n) is 6.92. The number of rotatable bonds is 7. The Morgan fingerprint density at radius 3 is 2.29 bits per heavy atom. The summed E-state index contributed by atoms with van der Waals surface area (Å²) in [5.74, 6) is -4.41. The summed E-state index contributed by atoms with van der Waals surface area (Å²) in [4.78, 5) is 49.0. The number of carbonyl (C=O) groups excluding carboxylic acids is 4. The molecule has 0 N–H and O–H groups in total. The summed E-state index contributed by atoms with van der Waals surface area (Å²) < 4.78 is 34.5. The van der Waals surface area contributed by atoms with Crippen molar-refractivity contribution in [3.63, 3.8) is 0 Å². The van der Waals surface area contributed by atoms with E-state index in [9.17, 15) is 32.7 Å². The molecule has 13 nitrogen and oxygen atoms in total. The van der Waals surface area contributed by atoms with Gasteiger partial charge in [-0.2, -0.15) is 0 Å². The average Bonchev–Trinajstić information content (AvgIpc) is 3.11. The molecule has 2 fully saturated rings. The third-order valence-corrected chi connectivity index (χ3v) is 7.93. The van der Waals surface area contributed by atoms with E-state index >= 15 is 0 Å². The molecule has 31 heavy (non-hydrogen) atoms. The molecule has 1 aromatic heterocycles. The smallest absolute Gasteiger partial charge is 0.548 e. The largest absolute Gasteiger partial charge is 1.00 e. The Morgan fingerprint density at radius 2 is 1.77 bits per heavy atom. The van der Waals surface area contributed by atoms with E-state index < -0.39 is 67.7 Å². The summed E-state index contributed by atoms with van der Waals surface area (Å²) in [6.07, 6.45) is -0.349. The van der Waals surface area contributed by atoms with Crippen LogP contribution in [-0.2, 0) is 35.4 Å². The monoisotopic (exact) mass is 466 g/mol. The molecule has 0 bridgehead atoms. The Morgan fingerprint density at radius 1 is 1.19 bits per heavy atom. The van der Waals surface area contributed by atoms with Gasteiger partial charge >= 0.3 is 41.5 Å². The van der Waals surface area contributed by atoms with Gasteiger partial charge in [-0.15, -0.1) is 5.10 Å². The minimum atomic E-state index is -4.20. The van der Waals surface area contributed by atoms with E-state index in [1.807, 2.05) is 0 Å². The number of hydrogen-bond acceptors (Lipinski definition) is 11. The molecule has 0 aromatic carbocycles. The van der Waals surface area contributed by atoms with E-state index in [1.165, 1.54) is 13.8 Å². The minimum Gasteiger partial charge on any atom is -0.548 e. The summed E-state index contributed by atoms with van der Waals surface area (Å²) in [5.41, 5.74) is -0.983. The van der Waals surface area contributed by atoms with Crippen LogP contribution >= 0.6 is 0 Å². The van der Waals surface area contributed by atoms with Gasteiger partial charge in [0.1, 0.15) is 10.1 Å². The predicted molar refractivity (Wildman–Crippen MR) is 93.3 cm³/mol. The summed E-state index contributed by atoms with van der Waals surface area (Å²) in [6.45, 7) is 3.40. The third-order valence-electron chi connectivity index (χ3n) is 5.17. The molecule has 2 saturated heterocycles. The number of aromatic nitrogens is 3. The molecule has 2 aliphatic rings. The fourth-order valence-corrected chi connectivity index (χ4v) is 6.08. The first-order chi connectivity index (χ1) is 14.0. The Bertz CT molecular complexity index is 1040. The van der Waals surface area contributed by atoms with Gasteiger partial charge in [-0.3, -0.25) is 4.79 Å². The number of hydrogen-bond donors (Lipinski definition) is 0. The van der Waals surface area contributed by atoms with Crippen molar-refractivity contribution in [2.45, 2.75) is 49.9 Å². The van der Waals surface area contributed by atoms with E-state index in [1.54, 1.807) is 0 Å². The minimum absolute atomic E-state index is 0. The van der Waals surface area contributed by atoms with Crippen molar-refractivity contribution in [2.24, 2.45) is 0 Å². The zero-order chi connectivity index (χ0) is 22.4. The van der Waals surface area contributed by atoms with Gasteiger partial charge in [-0.25, -0.2) is 22.7 Å². The van der Waals surface area contributed by atoms with Crippen LogP contribution in [0.2, 0.25) is 0 Å². The van der Waals surface area contributed by atoms with Gasteiger partial charge in [0.2, 0.25) is 11.6 Å². The van der Waals surface area contributed by atoms with E-state index in [0.29, 0.717) is 0 Å². The maximum absolute atomic E-state index is 13.0. The molecule has 3 rings (SSSR count). The molecular weight excluding hydrogens is 447 g/mol. The number of carboxylic acid groups (broad SMARTS) is 1. The standard InChI is InChI=1S/C16H20N4O9S.Na/c1-4-28-14(24)10-11(15(25)29-5-2)19(18-17-10)7-16(3)12(13(22)23)20-8(21)6-9(20)30(16,26)27;/h9,12H,4-7H2,1-3H3,(H,22,23);/q;+1/p-1/t9-,12-,16-;/m0./s1. The van der Waals surface area contributed by atoms with E-state index in [0.717, 1.165) is 16.5 Å². The molecule has 1 amide bonds. The van der Waals surface area contributed by atoms with Crippen LogP contribution in [0.1, 0.15) is 48.2 Å². The number of fused-ring (bicyclic) bond motifs is 1. The molecule has 0 saturated carbocycles. The fourth-order valence-electron chi connectivity index (χ4n) is 3.73. The van der Waals surface area contributed by atoms with Crippen molar-refractivity contribution in [1.82, 2.24) is 19.9 Å². The van der Waals surface area contributed by atoms with Crippen LogP contribution in [0.5, 0.6) is 0 Å². The predicted octanol–water partition coefficient (Wildman–Crippen LogP) is -5.50. The number of nitrogens with zero attached hydrogens (tertiary/aromatic N) is 4. The molecule has 2 aliphatic heterocycles. The number of aliphatic carboxylic acids is 1. The van der Waals surface area contributed by atoms with Crippen molar-refractivity contribution in [3.8, 4) is 0 Å². The number of esters is 2. The van der Waals surface area contributed by atoms with Crippen LogP contribution in [0.4, 0.5) is 0 Å². The van der Waals surface area contributed by atoms with Crippen LogP contribution in [0.3, 0.4) is 0 Å². The van der Waals surface area contributed by atoms with Crippen LogP contribution in [0, 0.1) is 0 Å². The van der Waals surface area contributed by atoms with Crippen LogP contribution in [0.15, 0.2) is 0 Å². The van der Waals surface area contributed by atoms with Crippen molar-refractivity contribution in [3.05, 3.63) is 11.4 Å². The molecule has 3 atom stereocenters. The van der Waals surface area contributed by atoms with Gasteiger partial charge in [-0.1, -0.05) is 5.21 Å². The molecule has 1 aromatic rings. The maximum Gasteiger partial charge on any atom is 1.00 e. The summed E-state index contributed by atoms with van der Waals surface area (Å²) in [6, 6.07) is -1.81. The van der Waals surface area contributed by atoms with Crippen molar-refractivity contribution in [2.75, 3.05) is 13.2 Å². The molecule has 0 unspecified atom stereocenters. The average molecular weight is 466 g/mol. The first-order valence-electron chi connectivity index (χ1n) is 9.04. The van der Waals surface area contributed by atoms with Crippen LogP contribution in [-0.4, -0.2) is 81.5 Å². The summed E-state index contributed by atoms with van der Waals surface area (Å²) in [7, 11) is -4.20. The maximum atomic E-state index is 13.0. The summed E-state index contributed by atoms with van der Waals surface area (Å²) in [5, 5.41) is 17.7.